The van der Waals surface area contributed by atoms with Gasteiger partial charge in [0.15, 0.2) is 17.7 Å². The Morgan fingerprint density at radius 1 is 1.48 bits per heavy atom. The van der Waals surface area contributed by atoms with E-state index in [1.54, 1.807) is 0 Å². The van der Waals surface area contributed by atoms with Crippen molar-refractivity contribution in [3.05, 3.63) is 12.0 Å². The van der Waals surface area contributed by atoms with E-state index in [0.717, 1.165) is 6.92 Å². The van der Waals surface area contributed by atoms with Crippen LogP contribution in [0.2, 0.25) is 0 Å². The van der Waals surface area contributed by atoms with Crippen molar-refractivity contribution in [3.8, 4) is 0 Å². The van der Waals surface area contributed by atoms with E-state index in [0.29, 0.717) is 11.1 Å². The molecular weight excluding hydrogens is 308 g/mol. The van der Waals surface area contributed by atoms with Crippen molar-refractivity contribution in [1.29, 1.82) is 0 Å². The van der Waals surface area contributed by atoms with Gasteiger partial charge in [-0.1, -0.05) is 12.2 Å². The first-order valence-corrected chi connectivity index (χ1v) is 6.49. The average Bonchev–Trinajstić information content (AvgIpc) is 2.69. The molecule has 1 rings (SSSR count). The van der Waals surface area contributed by atoms with Gasteiger partial charge in [-0.3, -0.25) is 9.69 Å². The lowest BCUT2D eigenvalue weighted by Gasteiger charge is -2.28. The molecule has 6 nitrogen and oxygen atoms in total. The lowest BCUT2D eigenvalue weighted by atomic mass is 9.97. The summed E-state index contributed by atoms with van der Waals surface area (Å²) in [4.78, 5) is 12.1. The zero-order valence-electron chi connectivity index (χ0n) is 11.5. The van der Waals surface area contributed by atoms with Crippen molar-refractivity contribution in [2.24, 2.45) is 0 Å². The smallest absolute Gasteiger partial charge is 0.225 e. The highest BCUT2D eigenvalue weighted by Gasteiger charge is 2.56. The van der Waals surface area contributed by atoms with Gasteiger partial charge in [0.25, 0.3) is 0 Å². The summed E-state index contributed by atoms with van der Waals surface area (Å²) < 4.78 is 31.7. The highest BCUT2D eigenvalue weighted by Crippen LogP contribution is 2.34. The third-order valence-electron chi connectivity index (χ3n) is 3.23. The second-order valence-corrected chi connectivity index (χ2v) is 5.37. The molecule has 9 heteroatoms. The molecule has 120 valence electrons. The maximum atomic E-state index is 13.6. The van der Waals surface area contributed by atoms with Crippen molar-refractivity contribution in [3.63, 3.8) is 0 Å². The molecule has 0 aromatic carbocycles. The molecule has 3 N–H and O–H groups in total. The normalized spacial score (nSPS) is 33.1. The quantitative estimate of drug-likeness (QED) is 0.480. The molecule has 0 bridgehead atoms. The second kappa shape index (κ2) is 6.84. The summed E-state index contributed by atoms with van der Waals surface area (Å²) in [5.41, 5.74) is -2.06. The van der Waals surface area contributed by atoms with Crippen molar-refractivity contribution in [1.82, 2.24) is 4.90 Å². The third-order valence-corrected chi connectivity index (χ3v) is 3.43. The van der Waals surface area contributed by atoms with Gasteiger partial charge in [-0.05, 0) is 6.92 Å². The van der Waals surface area contributed by atoms with Crippen molar-refractivity contribution in [2.75, 3.05) is 13.3 Å². The highest BCUT2D eigenvalue weighted by molar-refractivity contribution is 7.80. The number of thiocarbonyl (C=S) groups is 1. The number of aliphatic hydroxyl groups is 3. The van der Waals surface area contributed by atoms with Crippen LogP contribution in [0.3, 0.4) is 0 Å². The maximum Gasteiger partial charge on any atom is 0.225 e. The van der Waals surface area contributed by atoms with E-state index in [4.69, 9.17) is 9.84 Å². The van der Waals surface area contributed by atoms with E-state index in [1.165, 1.54) is 6.92 Å². The number of alkyl halides is 1. The largest absolute Gasteiger partial charge is 0.393 e. The summed E-state index contributed by atoms with van der Waals surface area (Å²) in [5, 5.41) is 28.9. The number of nitrogens with zero attached hydrogens (tertiary/aromatic N) is 1. The first-order chi connectivity index (χ1) is 9.70. The summed E-state index contributed by atoms with van der Waals surface area (Å²) in [7, 11) is 0. The maximum absolute atomic E-state index is 13.6. The number of halogens is 2. The van der Waals surface area contributed by atoms with Crippen LogP contribution in [0.4, 0.5) is 8.78 Å². The molecule has 1 aliphatic heterocycles. The van der Waals surface area contributed by atoms with E-state index < -0.39 is 49.1 Å². The van der Waals surface area contributed by atoms with Gasteiger partial charge in [0.1, 0.15) is 18.9 Å². The minimum atomic E-state index is -2.06. The van der Waals surface area contributed by atoms with Crippen LogP contribution in [-0.4, -0.2) is 68.3 Å². The number of hydrogen-bond acceptors (Lipinski definition) is 6. The Balaban J connectivity index is 3.14. The molecule has 1 amide bonds. The number of aliphatic hydroxyl groups excluding tert-OH is 3. The van der Waals surface area contributed by atoms with Crippen LogP contribution < -0.4 is 0 Å². The topological polar surface area (TPSA) is 90.2 Å². The van der Waals surface area contributed by atoms with Crippen LogP contribution in [0, 0.1) is 0 Å². The van der Waals surface area contributed by atoms with Crippen LogP contribution >= 0.6 is 12.2 Å². The van der Waals surface area contributed by atoms with Crippen molar-refractivity contribution in [2.45, 2.75) is 37.9 Å². The van der Waals surface area contributed by atoms with Gasteiger partial charge in [0, 0.05) is 18.0 Å². The van der Waals surface area contributed by atoms with Crippen LogP contribution in [0.5, 0.6) is 0 Å². The van der Waals surface area contributed by atoms with E-state index in [-0.39, 0.29) is 4.86 Å². The lowest BCUT2D eigenvalue weighted by molar-refractivity contribution is -0.162. The Kier molecular flexibility index (Phi) is 5.88. The monoisotopic (exact) mass is 325 g/mol. The average molecular weight is 325 g/mol. The third kappa shape index (κ3) is 3.43. The number of allylic oxidation sites excluding steroid dienone is 1. The molecule has 4 atom stereocenters. The number of carbonyl (C=O) groups excluding carboxylic acids is 1. The number of amides is 1. The second-order valence-electron chi connectivity index (χ2n) is 4.76. The Hall–Kier alpha value is -1.00. The molecule has 0 aromatic rings. The van der Waals surface area contributed by atoms with Gasteiger partial charge in [-0.2, -0.15) is 0 Å². The molecule has 1 aliphatic rings. The van der Waals surface area contributed by atoms with E-state index in [9.17, 15) is 23.8 Å². The highest BCUT2D eigenvalue weighted by atomic mass is 32.1. The summed E-state index contributed by atoms with van der Waals surface area (Å²) >= 11 is 4.61. The van der Waals surface area contributed by atoms with E-state index in [2.05, 4.69) is 12.2 Å². The molecule has 1 heterocycles. The summed E-state index contributed by atoms with van der Waals surface area (Å²) in [5.74, 6) is -1.63. The summed E-state index contributed by atoms with van der Waals surface area (Å²) in [6.07, 6.45) is -4.33. The molecule has 1 unspecified atom stereocenters. The van der Waals surface area contributed by atoms with Crippen molar-refractivity contribution < 1.29 is 33.6 Å². The Bertz CT molecular complexity index is 455. The predicted octanol–water partition coefficient (Wildman–Crippen LogP) is -0.186. The molecule has 1 saturated heterocycles. The van der Waals surface area contributed by atoms with Gasteiger partial charge >= 0.3 is 0 Å². The molecular formula is C12H17F2NO5S. The molecule has 0 aromatic heterocycles. The predicted molar refractivity (Wildman–Crippen MR) is 72.7 cm³/mol. The number of rotatable bonds is 5. The SMILES string of the molecule is CC(=O)N(/C=C(/F)C(C)=S)[C@@H]1O[C@@](CO)(CF)C(O)[C@@H]1O. The molecule has 0 radical (unpaired) electrons. The van der Waals surface area contributed by atoms with Gasteiger partial charge in [0.2, 0.25) is 5.91 Å². The van der Waals surface area contributed by atoms with Crippen LogP contribution in [-0.2, 0) is 9.53 Å². The molecule has 0 saturated carbocycles. The fourth-order valence-corrected chi connectivity index (χ4v) is 1.96. The zero-order chi connectivity index (χ0) is 16.4. The molecule has 1 fully saturated rings. The Morgan fingerprint density at radius 2 is 2.05 bits per heavy atom. The minimum Gasteiger partial charge on any atom is -0.393 e. The summed E-state index contributed by atoms with van der Waals surface area (Å²) in [6.45, 7) is 0.157. The zero-order valence-corrected chi connectivity index (χ0v) is 12.3. The summed E-state index contributed by atoms with van der Waals surface area (Å²) in [6, 6.07) is 0. The fourth-order valence-electron chi connectivity index (χ4n) is 1.91. The minimum absolute atomic E-state index is 0.131. The molecule has 0 spiro atoms. The van der Waals surface area contributed by atoms with Crippen LogP contribution in [0.15, 0.2) is 12.0 Å². The first kappa shape index (κ1) is 18.1. The molecule has 0 aliphatic carbocycles. The van der Waals surface area contributed by atoms with Crippen LogP contribution in [0.25, 0.3) is 0 Å². The van der Waals surface area contributed by atoms with Crippen LogP contribution in [0.1, 0.15) is 13.8 Å². The Morgan fingerprint density at radius 3 is 2.38 bits per heavy atom. The Labute approximate surface area is 125 Å². The van der Waals surface area contributed by atoms with E-state index in [1.807, 2.05) is 0 Å². The number of carbonyl (C=O) groups is 1. The first-order valence-electron chi connectivity index (χ1n) is 6.08. The molecule has 21 heavy (non-hydrogen) atoms. The lowest BCUT2D eigenvalue weighted by Crippen LogP contribution is -2.48. The van der Waals surface area contributed by atoms with Gasteiger partial charge in [-0.25, -0.2) is 8.78 Å². The number of hydrogen-bond donors (Lipinski definition) is 3. The van der Waals surface area contributed by atoms with Crippen molar-refractivity contribution >= 4 is 23.0 Å². The van der Waals surface area contributed by atoms with Gasteiger partial charge in [-0.15, -0.1) is 0 Å². The van der Waals surface area contributed by atoms with Gasteiger partial charge < -0.3 is 20.1 Å². The van der Waals surface area contributed by atoms with E-state index >= 15 is 0 Å². The van der Waals surface area contributed by atoms with Gasteiger partial charge in [0.05, 0.1) is 6.61 Å². The fraction of sp³-hybridized carbons (Fsp3) is 0.667. The number of ether oxygens (including phenoxy) is 1. The standard InChI is InChI=1S/C12H17F2NO5S/c1-6(21)8(14)3-15(7(2)17)11-9(18)10(19)12(4-13,5-16)20-11/h3,9-11,16,18-19H,4-5H2,1-2H3/b8-3+/t9-,10?,11+,12+/m0/s1.